The Bertz CT molecular complexity index is 2870. The van der Waals surface area contributed by atoms with E-state index >= 15 is 0 Å². The molecule has 0 saturated heterocycles. The standard InChI is InChI=1S/2C22H18N6O/c2*1-11-2-20-15(9-26-28-20)5-16(11)12-3-13-7-21(25-10-18(13)19(24)6-12)27-22(29)17-4-14(17)8-23/h2*2-3,5-7,9-10,14,17H,4,24H2,1H3,(H,26,28)(H,25,27,29)/t2*14-,17+/m10/s1. The van der Waals surface area contributed by atoms with Gasteiger partial charge in [0.2, 0.25) is 11.8 Å². The van der Waals surface area contributed by atoms with Crippen molar-refractivity contribution in [3.05, 3.63) is 96.6 Å². The highest BCUT2D eigenvalue weighted by Crippen LogP contribution is 2.40. The summed E-state index contributed by atoms with van der Waals surface area (Å²) >= 11 is 0. The van der Waals surface area contributed by atoms with Gasteiger partial charge in [0, 0.05) is 45.3 Å². The van der Waals surface area contributed by atoms with Crippen LogP contribution in [-0.4, -0.2) is 42.2 Å². The predicted octanol–water partition coefficient (Wildman–Crippen LogP) is 7.53. The number of nitrogens with one attached hydrogen (secondary N) is 4. The normalized spacial score (nSPS) is 17.9. The molecule has 2 saturated carbocycles. The number of anilines is 4. The predicted molar refractivity (Wildman–Crippen MR) is 224 cm³/mol. The average molecular weight is 765 g/mol. The minimum atomic E-state index is -0.238. The number of fused-ring (bicyclic) bond motifs is 4. The van der Waals surface area contributed by atoms with Crippen LogP contribution in [0.1, 0.15) is 24.0 Å². The number of rotatable bonds is 6. The summed E-state index contributed by atoms with van der Waals surface area (Å²) in [5.74, 6) is -0.231. The highest BCUT2D eigenvalue weighted by molar-refractivity contribution is 6.02. The summed E-state index contributed by atoms with van der Waals surface area (Å²) < 4.78 is 0. The molecule has 4 heterocycles. The van der Waals surface area contributed by atoms with Crippen LogP contribution < -0.4 is 22.1 Å². The zero-order chi connectivity index (χ0) is 40.2. The number of hydrogen-bond donors (Lipinski definition) is 6. The summed E-state index contributed by atoms with van der Waals surface area (Å²) in [5, 5.41) is 43.1. The van der Waals surface area contributed by atoms with E-state index in [-0.39, 0.29) is 35.5 Å². The van der Waals surface area contributed by atoms with E-state index in [1.54, 1.807) is 24.8 Å². The number of aryl methyl sites for hydroxylation is 2. The van der Waals surface area contributed by atoms with Crippen LogP contribution >= 0.6 is 0 Å². The number of hydrogen-bond acceptors (Lipinski definition) is 10. The molecular weight excluding hydrogens is 729 g/mol. The molecule has 4 aromatic heterocycles. The van der Waals surface area contributed by atoms with Gasteiger partial charge < -0.3 is 22.1 Å². The molecule has 0 spiro atoms. The molecule has 0 unspecified atom stereocenters. The number of carbonyl (C=O) groups is 2. The molecule has 0 bridgehead atoms. The van der Waals surface area contributed by atoms with Gasteiger partial charge in [0.1, 0.15) is 11.6 Å². The zero-order valence-corrected chi connectivity index (χ0v) is 31.5. The molecule has 4 aromatic carbocycles. The molecule has 8 aromatic rings. The van der Waals surface area contributed by atoms with Gasteiger partial charge in [-0.2, -0.15) is 20.7 Å². The second-order valence-electron chi connectivity index (χ2n) is 15.1. The number of carbonyl (C=O) groups excluding carboxylic acids is 2. The van der Waals surface area contributed by atoms with E-state index < -0.39 is 0 Å². The molecule has 2 amide bonds. The van der Waals surface area contributed by atoms with E-state index in [0.717, 1.165) is 76.7 Å². The number of aromatic nitrogens is 6. The Kier molecular flexibility index (Phi) is 8.67. The molecule has 2 aliphatic carbocycles. The highest BCUT2D eigenvalue weighted by atomic mass is 16.2. The van der Waals surface area contributed by atoms with Crippen LogP contribution in [0.2, 0.25) is 0 Å². The maximum absolute atomic E-state index is 12.2. The number of nitrogens with zero attached hydrogens (tertiary/aromatic N) is 6. The molecule has 0 radical (unpaired) electrons. The molecule has 2 fully saturated rings. The first-order valence-corrected chi connectivity index (χ1v) is 18.7. The van der Waals surface area contributed by atoms with E-state index in [4.69, 9.17) is 22.0 Å². The lowest BCUT2D eigenvalue weighted by Crippen LogP contribution is -2.15. The lowest BCUT2D eigenvalue weighted by atomic mass is 9.96. The fraction of sp³-hybridized carbons (Fsp3) is 0.182. The second kappa shape index (κ2) is 14.0. The van der Waals surface area contributed by atoms with Gasteiger partial charge in [-0.1, -0.05) is 0 Å². The van der Waals surface area contributed by atoms with Crippen molar-refractivity contribution in [3.8, 4) is 34.4 Å². The van der Waals surface area contributed by atoms with Gasteiger partial charge in [0.25, 0.3) is 0 Å². The van der Waals surface area contributed by atoms with Gasteiger partial charge >= 0.3 is 0 Å². The molecule has 4 atom stereocenters. The van der Waals surface area contributed by atoms with Gasteiger partial charge in [0.05, 0.1) is 59.2 Å². The number of H-pyrrole nitrogens is 2. The Morgan fingerprint density at radius 2 is 1.05 bits per heavy atom. The van der Waals surface area contributed by atoms with Crippen molar-refractivity contribution in [2.45, 2.75) is 26.7 Å². The van der Waals surface area contributed by atoms with Crippen molar-refractivity contribution in [2.24, 2.45) is 23.7 Å². The molecule has 58 heavy (non-hydrogen) atoms. The van der Waals surface area contributed by atoms with Gasteiger partial charge in [0.15, 0.2) is 0 Å². The van der Waals surface area contributed by atoms with E-state index in [2.05, 4.69) is 91.2 Å². The highest BCUT2D eigenvalue weighted by Gasteiger charge is 2.44. The number of nitriles is 2. The van der Waals surface area contributed by atoms with Crippen molar-refractivity contribution in [1.82, 2.24) is 30.4 Å². The SMILES string of the molecule is Cc1cc2[nH]ncc2cc1-c1cc(N)c2cnc(NC(=O)[C@@H]3C[C@H]3C#N)cc2c1.Cc1cc2[nH]ncc2cc1-c1cc(N)c2cnc(NC(=O)[C@H]3C[C@@H]3C#N)cc2c1. The van der Waals surface area contributed by atoms with Crippen LogP contribution in [-0.2, 0) is 9.59 Å². The number of pyridine rings is 2. The summed E-state index contributed by atoms with van der Waals surface area (Å²) in [6, 6.07) is 24.2. The van der Waals surface area contributed by atoms with Crippen LogP contribution in [0.15, 0.2) is 85.5 Å². The van der Waals surface area contributed by atoms with Crippen molar-refractivity contribution in [2.75, 3.05) is 22.1 Å². The van der Waals surface area contributed by atoms with Crippen LogP contribution in [0.25, 0.3) is 65.6 Å². The molecule has 0 aliphatic heterocycles. The van der Waals surface area contributed by atoms with Gasteiger partial charge in [-0.25, -0.2) is 9.97 Å². The summed E-state index contributed by atoms with van der Waals surface area (Å²) in [6.45, 7) is 4.10. The molecule has 2 aliphatic rings. The minimum Gasteiger partial charge on any atom is -0.398 e. The Morgan fingerprint density at radius 1 is 0.621 bits per heavy atom. The van der Waals surface area contributed by atoms with Crippen molar-refractivity contribution >= 4 is 78.2 Å². The van der Waals surface area contributed by atoms with Gasteiger partial charge in [-0.3, -0.25) is 19.8 Å². The smallest absolute Gasteiger partial charge is 0.230 e. The minimum absolute atomic E-state index is 0.159. The summed E-state index contributed by atoms with van der Waals surface area (Å²) in [6.07, 6.45) is 8.17. The van der Waals surface area contributed by atoms with E-state index in [0.29, 0.717) is 35.9 Å². The Balaban J connectivity index is 0.000000150. The van der Waals surface area contributed by atoms with Gasteiger partial charge in [-0.15, -0.1) is 0 Å². The maximum Gasteiger partial charge on any atom is 0.230 e. The van der Waals surface area contributed by atoms with Crippen LogP contribution in [0.4, 0.5) is 23.0 Å². The molecule has 284 valence electrons. The summed E-state index contributed by atoms with van der Waals surface area (Å²) in [5.41, 5.74) is 22.2. The first kappa shape index (κ1) is 35.8. The topological polar surface area (TPSA) is 241 Å². The quantitative estimate of drug-likeness (QED) is 0.0909. The fourth-order valence-electron chi connectivity index (χ4n) is 7.53. The molecule has 14 heteroatoms. The number of nitrogen functional groups attached to an aromatic ring is 2. The number of benzene rings is 4. The van der Waals surface area contributed by atoms with E-state index in [9.17, 15) is 9.59 Å². The lowest BCUT2D eigenvalue weighted by Gasteiger charge is -2.11. The third-order valence-corrected chi connectivity index (χ3v) is 11.0. The van der Waals surface area contributed by atoms with Crippen LogP contribution in [0.5, 0.6) is 0 Å². The number of aromatic amines is 2. The monoisotopic (exact) mass is 764 g/mol. The van der Waals surface area contributed by atoms with E-state index in [1.165, 1.54) is 0 Å². The third kappa shape index (κ3) is 6.73. The Labute approximate surface area is 331 Å². The van der Waals surface area contributed by atoms with Crippen LogP contribution in [0.3, 0.4) is 0 Å². The molecule has 8 N–H and O–H groups in total. The Morgan fingerprint density at radius 3 is 1.45 bits per heavy atom. The lowest BCUT2D eigenvalue weighted by molar-refractivity contribution is -0.118. The second-order valence-corrected chi connectivity index (χ2v) is 15.1. The first-order valence-electron chi connectivity index (χ1n) is 18.7. The van der Waals surface area contributed by atoms with Crippen molar-refractivity contribution in [1.29, 1.82) is 10.5 Å². The maximum atomic E-state index is 12.2. The number of nitrogens with two attached hydrogens (primary N) is 2. The van der Waals surface area contributed by atoms with Crippen LogP contribution in [0, 0.1) is 60.2 Å². The zero-order valence-electron chi connectivity index (χ0n) is 31.5. The van der Waals surface area contributed by atoms with Gasteiger partial charge in [-0.05, 0) is 132 Å². The number of amides is 2. The van der Waals surface area contributed by atoms with Crippen molar-refractivity contribution < 1.29 is 9.59 Å². The average Bonchev–Trinajstić information content (AvgIpc) is 4.09. The summed E-state index contributed by atoms with van der Waals surface area (Å²) in [4.78, 5) is 33.1. The summed E-state index contributed by atoms with van der Waals surface area (Å²) in [7, 11) is 0. The Hall–Kier alpha value is -7.84. The first-order chi connectivity index (χ1) is 28.1. The van der Waals surface area contributed by atoms with Crippen molar-refractivity contribution in [3.63, 3.8) is 0 Å². The fourth-order valence-corrected chi connectivity index (χ4v) is 7.53. The van der Waals surface area contributed by atoms with E-state index in [1.807, 2.05) is 36.4 Å². The molecular formula is C44H36N12O2. The molecule has 10 rings (SSSR count). The third-order valence-electron chi connectivity index (χ3n) is 11.0. The molecule has 14 nitrogen and oxygen atoms in total. The largest absolute Gasteiger partial charge is 0.398 e.